The lowest BCUT2D eigenvalue weighted by molar-refractivity contribution is 0.814. The molecule has 2 heteroatoms. The molecule has 20 heavy (non-hydrogen) atoms. The standard InChI is InChI=1S/C18H24N2/c1-15-10-11-18(16(2)14-15)20(3)13-7-12-19-17-8-5-4-6-9-17/h4-6,8-11,14,19H,7,12-13H2,1-3H3. The van der Waals surface area contributed by atoms with E-state index in [1.807, 2.05) is 6.07 Å². The maximum Gasteiger partial charge on any atom is 0.0393 e. The first-order chi connectivity index (χ1) is 9.66. The van der Waals surface area contributed by atoms with Crippen LogP contribution in [-0.4, -0.2) is 20.1 Å². The van der Waals surface area contributed by atoms with Crippen LogP contribution in [0.2, 0.25) is 0 Å². The predicted molar refractivity (Wildman–Crippen MR) is 88.7 cm³/mol. The molecule has 0 amide bonds. The maximum absolute atomic E-state index is 3.45. The van der Waals surface area contributed by atoms with Crippen molar-refractivity contribution in [2.24, 2.45) is 0 Å². The van der Waals surface area contributed by atoms with E-state index in [0.717, 1.165) is 19.5 Å². The van der Waals surface area contributed by atoms with Crippen LogP contribution in [0.4, 0.5) is 11.4 Å². The van der Waals surface area contributed by atoms with Crippen molar-refractivity contribution < 1.29 is 0 Å². The van der Waals surface area contributed by atoms with Gasteiger partial charge in [0.25, 0.3) is 0 Å². The molecule has 0 aliphatic heterocycles. The first-order valence-electron chi connectivity index (χ1n) is 7.24. The van der Waals surface area contributed by atoms with Gasteiger partial charge in [-0.2, -0.15) is 0 Å². The van der Waals surface area contributed by atoms with Gasteiger partial charge < -0.3 is 10.2 Å². The molecule has 0 fully saturated rings. The number of nitrogens with zero attached hydrogens (tertiary/aromatic N) is 1. The summed E-state index contributed by atoms with van der Waals surface area (Å²) in [6.45, 7) is 6.38. The predicted octanol–water partition coefficient (Wildman–Crippen LogP) is 4.24. The number of hydrogen-bond donors (Lipinski definition) is 1. The van der Waals surface area contributed by atoms with E-state index in [1.54, 1.807) is 0 Å². The van der Waals surface area contributed by atoms with Crippen LogP contribution in [0, 0.1) is 13.8 Å². The number of benzene rings is 2. The average Bonchev–Trinajstić information content (AvgIpc) is 2.44. The van der Waals surface area contributed by atoms with Crippen molar-refractivity contribution in [3.8, 4) is 0 Å². The second-order valence-electron chi connectivity index (χ2n) is 5.36. The van der Waals surface area contributed by atoms with Gasteiger partial charge in [-0.25, -0.2) is 0 Å². The molecule has 2 aromatic carbocycles. The van der Waals surface area contributed by atoms with Crippen molar-refractivity contribution in [2.45, 2.75) is 20.3 Å². The molecular weight excluding hydrogens is 244 g/mol. The minimum Gasteiger partial charge on any atom is -0.385 e. The number of rotatable bonds is 6. The van der Waals surface area contributed by atoms with E-state index in [9.17, 15) is 0 Å². The number of anilines is 2. The maximum atomic E-state index is 3.45. The lowest BCUT2D eigenvalue weighted by Gasteiger charge is -2.22. The minimum absolute atomic E-state index is 0.999. The third-order valence-corrected chi connectivity index (χ3v) is 3.54. The number of para-hydroxylation sites is 1. The van der Waals surface area contributed by atoms with E-state index in [0.29, 0.717) is 0 Å². The quantitative estimate of drug-likeness (QED) is 0.788. The first kappa shape index (κ1) is 14.4. The van der Waals surface area contributed by atoms with Gasteiger partial charge in [0.05, 0.1) is 0 Å². The van der Waals surface area contributed by atoms with Crippen LogP contribution in [0.5, 0.6) is 0 Å². The topological polar surface area (TPSA) is 15.3 Å². The molecule has 2 nitrogen and oxygen atoms in total. The monoisotopic (exact) mass is 268 g/mol. The van der Waals surface area contributed by atoms with Gasteiger partial charge >= 0.3 is 0 Å². The highest BCUT2D eigenvalue weighted by Gasteiger charge is 2.04. The van der Waals surface area contributed by atoms with Gasteiger partial charge in [-0.3, -0.25) is 0 Å². The molecule has 2 rings (SSSR count). The molecule has 0 unspecified atom stereocenters. The van der Waals surface area contributed by atoms with Gasteiger partial charge in [0.2, 0.25) is 0 Å². The Morgan fingerprint density at radius 2 is 1.75 bits per heavy atom. The van der Waals surface area contributed by atoms with Crippen LogP contribution in [0.25, 0.3) is 0 Å². The van der Waals surface area contributed by atoms with E-state index in [1.165, 1.54) is 22.5 Å². The molecular formula is C18H24N2. The first-order valence-corrected chi connectivity index (χ1v) is 7.24. The summed E-state index contributed by atoms with van der Waals surface area (Å²) < 4.78 is 0. The molecule has 0 aliphatic rings. The van der Waals surface area contributed by atoms with Gasteiger partial charge in [-0.15, -0.1) is 0 Å². The third-order valence-electron chi connectivity index (χ3n) is 3.54. The molecule has 2 aromatic rings. The van der Waals surface area contributed by atoms with Gasteiger partial charge in [0.1, 0.15) is 0 Å². The van der Waals surface area contributed by atoms with Gasteiger partial charge in [0, 0.05) is 31.5 Å². The Balaban J connectivity index is 1.79. The normalized spacial score (nSPS) is 10.3. The molecule has 0 aliphatic carbocycles. The zero-order valence-electron chi connectivity index (χ0n) is 12.7. The lowest BCUT2D eigenvalue weighted by atomic mass is 10.1. The fraction of sp³-hybridized carbons (Fsp3) is 0.333. The van der Waals surface area contributed by atoms with E-state index < -0.39 is 0 Å². The van der Waals surface area contributed by atoms with Crippen LogP contribution in [0.3, 0.4) is 0 Å². The Kier molecular flexibility index (Phi) is 5.05. The summed E-state index contributed by atoms with van der Waals surface area (Å²) in [5.74, 6) is 0. The number of nitrogens with one attached hydrogen (secondary N) is 1. The largest absolute Gasteiger partial charge is 0.385 e. The molecule has 1 N–H and O–H groups in total. The van der Waals surface area contributed by atoms with Crippen molar-refractivity contribution in [1.29, 1.82) is 0 Å². The summed E-state index contributed by atoms with van der Waals surface area (Å²) in [7, 11) is 2.17. The minimum atomic E-state index is 0.999. The summed E-state index contributed by atoms with van der Waals surface area (Å²) in [6, 6.07) is 17.0. The Morgan fingerprint density at radius 1 is 1.00 bits per heavy atom. The highest BCUT2D eigenvalue weighted by molar-refractivity contribution is 5.53. The Bertz CT molecular complexity index is 534. The second kappa shape index (κ2) is 6.99. The van der Waals surface area contributed by atoms with Gasteiger partial charge in [-0.05, 0) is 44.0 Å². The number of aryl methyl sites for hydroxylation is 2. The number of hydrogen-bond acceptors (Lipinski definition) is 2. The van der Waals surface area contributed by atoms with Gasteiger partial charge in [-0.1, -0.05) is 35.9 Å². The second-order valence-corrected chi connectivity index (χ2v) is 5.36. The molecule has 0 heterocycles. The van der Waals surface area contributed by atoms with E-state index in [2.05, 4.69) is 73.6 Å². The Labute approximate surface area is 122 Å². The molecule has 0 saturated heterocycles. The van der Waals surface area contributed by atoms with Crippen molar-refractivity contribution >= 4 is 11.4 Å². The van der Waals surface area contributed by atoms with E-state index in [4.69, 9.17) is 0 Å². The van der Waals surface area contributed by atoms with Crippen LogP contribution >= 0.6 is 0 Å². The Hall–Kier alpha value is -1.96. The molecule has 0 spiro atoms. The smallest absolute Gasteiger partial charge is 0.0393 e. The zero-order valence-corrected chi connectivity index (χ0v) is 12.7. The molecule has 106 valence electrons. The average molecular weight is 268 g/mol. The van der Waals surface area contributed by atoms with Gasteiger partial charge in [0.15, 0.2) is 0 Å². The summed E-state index contributed by atoms with van der Waals surface area (Å²) >= 11 is 0. The zero-order chi connectivity index (χ0) is 14.4. The molecule has 0 radical (unpaired) electrons. The van der Waals surface area contributed by atoms with Crippen LogP contribution < -0.4 is 10.2 Å². The van der Waals surface area contributed by atoms with E-state index >= 15 is 0 Å². The molecule has 0 bridgehead atoms. The third kappa shape index (κ3) is 4.02. The molecule has 0 atom stereocenters. The van der Waals surface area contributed by atoms with Crippen LogP contribution in [-0.2, 0) is 0 Å². The Morgan fingerprint density at radius 3 is 2.45 bits per heavy atom. The molecule has 0 aromatic heterocycles. The van der Waals surface area contributed by atoms with Crippen molar-refractivity contribution in [1.82, 2.24) is 0 Å². The SMILES string of the molecule is Cc1ccc(N(C)CCCNc2ccccc2)c(C)c1. The summed E-state index contributed by atoms with van der Waals surface area (Å²) in [5, 5.41) is 3.45. The fourth-order valence-corrected chi connectivity index (χ4v) is 2.46. The van der Waals surface area contributed by atoms with Crippen molar-refractivity contribution in [3.05, 3.63) is 59.7 Å². The summed E-state index contributed by atoms with van der Waals surface area (Å²) in [6.07, 6.45) is 1.12. The summed E-state index contributed by atoms with van der Waals surface area (Å²) in [4.78, 5) is 2.33. The highest BCUT2D eigenvalue weighted by atomic mass is 15.1. The van der Waals surface area contributed by atoms with Crippen LogP contribution in [0.1, 0.15) is 17.5 Å². The fourth-order valence-electron chi connectivity index (χ4n) is 2.46. The van der Waals surface area contributed by atoms with Crippen molar-refractivity contribution in [3.63, 3.8) is 0 Å². The van der Waals surface area contributed by atoms with Crippen LogP contribution in [0.15, 0.2) is 48.5 Å². The van der Waals surface area contributed by atoms with E-state index in [-0.39, 0.29) is 0 Å². The summed E-state index contributed by atoms with van der Waals surface area (Å²) in [5.41, 5.74) is 5.20. The lowest BCUT2D eigenvalue weighted by Crippen LogP contribution is -2.21. The van der Waals surface area contributed by atoms with Crippen molar-refractivity contribution in [2.75, 3.05) is 30.4 Å². The molecule has 0 saturated carbocycles. The highest BCUT2D eigenvalue weighted by Crippen LogP contribution is 2.19.